The number of rotatable bonds is 5. The van der Waals surface area contributed by atoms with Gasteiger partial charge in [-0.25, -0.2) is 4.98 Å². The van der Waals surface area contributed by atoms with Crippen molar-refractivity contribution in [3.8, 4) is 11.5 Å². The number of hydrogen-bond donors (Lipinski definition) is 0. The van der Waals surface area contributed by atoms with Crippen LogP contribution in [-0.2, 0) is 16.0 Å². The number of ether oxygens (including phenoxy) is 3. The van der Waals surface area contributed by atoms with Gasteiger partial charge in [0.05, 0.1) is 31.2 Å². The highest BCUT2D eigenvalue weighted by atomic mass is 16.6. The molecule has 2 aromatic heterocycles. The summed E-state index contributed by atoms with van der Waals surface area (Å²) in [7, 11) is 0. The number of piperidine rings is 1. The molecule has 0 bridgehead atoms. The van der Waals surface area contributed by atoms with Crippen LogP contribution in [0.5, 0.6) is 11.5 Å². The van der Waals surface area contributed by atoms with E-state index in [1.54, 1.807) is 23.2 Å². The first kappa shape index (κ1) is 24.0. The van der Waals surface area contributed by atoms with Gasteiger partial charge in [-0.05, 0) is 50.1 Å². The van der Waals surface area contributed by atoms with E-state index in [1.807, 2.05) is 19.1 Å². The summed E-state index contributed by atoms with van der Waals surface area (Å²) in [5.74, 6) is 1.70. The summed E-state index contributed by atoms with van der Waals surface area (Å²) < 4.78 is 19.8. The molecule has 0 N–H and O–H groups in total. The van der Waals surface area contributed by atoms with Gasteiger partial charge in [0.15, 0.2) is 17.3 Å². The zero-order valence-electron chi connectivity index (χ0n) is 20.4. The summed E-state index contributed by atoms with van der Waals surface area (Å²) >= 11 is 0. The fourth-order valence-electron chi connectivity index (χ4n) is 4.93. The average Bonchev–Trinajstić information content (AvgIpc) is 3.30. The van der Waals surface area contributed by atoms with Crippen LogP contribution in [0.25, 0.3) is 11.0 Å². The van der Waals surface area contributed by atoms with Crippen LogP contribution in [0.4, 0.5) is 0 Å². The van der Waals surface area contributed by atoms with Gasteiger partial charge < -0.3 is 23.7 Å². The van der Waals surface area contributed by atoms with Gasteiger partial charge in [-0.15, -0.1) is 0 Å². The minimum atomic E-state index is -0.0995. The average molecular weight is 491 g/mol. The molecular formula is C27H30N4O5. The number of fused-ring (bicyclic) bond motifs is 3. The highest BCUT2D eigenvalue weighted by Gasteiger charge is 2.30. The molecule has 2 aliphatic heterocycles. The molecule has 188 valence electrons. The Balaban J connectivity index is 1.61. The Morgan fingerprint density at radius 3 is 2.81 bits per heavy atom. The van der Waals surface area contributed by atoms with E-state index in [-0.39, 0.29) is 24.2 Å². The zero-order valence-corrected chi connectivity index (χ0v) is 20.4. The largest absolute Gasteiger partial charge is 0.487 e. The molecule has 36 heavy (non-hydrogen) atoms. The second-order valence-corrected chi connectivity index (χ2v) is 9.04. The molecule has 1 amide bonds. The molecule has 0 aliphatic carbocycles. The Morgan fingerprint density at radius 1 is 1.17 bits per heavy atom. The Labute approximate surface area is 209 Å². The molecule has 5 rings (SSSR count). The van der Waals surface area contributed by atoms with Crippen molar-refractivity contribution in [3.05, 3.63) is 60.2 Å². The van der Waals surface area contributed by atoms with Crippen molar-refractivity contribution in [3.63, 3.8) is 0 Å². The summed E-state index contributed by atoms with van der Waals surface area (Å²) in [5.41, 5.74) is 2.88. The number of amides is 1. The van der Waals surface area contributed by atoms with E-state index in [0.717, 1.165) is 29.6 Å². The fourth-order valence-corrected chi connectivity index (χ4v) is 4.93. The maximum atomic E-state index is 13.3. The Hall–Kier alpha value is -3.72. The van der Waals surface area contributed by atoms with Gasteiger partial charge >= 0.3 is 0 Å². The summed E-state index contributed by atoms with van der Waals surface area (Å²) in [6.45, 7) is 8.39. The van der Waals surface area contributed by atoms with Crippen molar-refractivity contribution in [2.45, 2.75) is 32.2 Å². The summed E-state index contributed by atoms with van der Waals surface area (Å²) in [4.78, 5) is 36.6. The number of aryl methyl sites for hydroxylation is 1. The van der Waals surface area contributed by atoms with Crippen molar-refractivity contribution in [1.82, 2.24) is 19.4 Å². The predicted octanol–water partition coefficient (Wildman–Crippen LogP) is 3.30. The lowest BCUT2D eigenvalue weighted by Gasteiger charge is -2.34. The third-order valence-electron chi connectivity index (χ3n) is 6.59. The first-order chi connectivity index (χ1) is 17.5. The minimum absolute atomic E-state index is 0.0443. The molecule has 4 heterocycles. The molecule has 1 aromatic carbocycles. The Bertz CT molecular complexity index is 1300. The quantitative estimate of drug-likeness (QED) is 0.400. The monoisotopic (exact) mass is 490 g/mol. The highest BCUT2D eigenvalue weighted by Crippen LogP contribution is 2.40. The minimum Gasteiger partial charge on any atom is -0.487 e. The van der Waals surface area contributed by atoms with Crippen molar-refractivity contribution >= 4 is 22.7 Å². The van der Waals surface area contributed by atoms with E-state index < -0.39 is 0 Å². The number of carbonyl (C=O) groups is 2. The maximum Gasteiger partial charge on any atom is 0.246 e. The van der Waals surface area contributed by atoms with E-state index in [4.69, 9.17) is 19.2 Å². The van der Waals surface area contributed by atoms with Crippen molar-refractivity contribution in [1.29, 1.82) is 0 Å². The molecule has 0 unspecified atom stereocenters. The van der Waals surface area contributed by atoms with E-state index >= 15 is 0 Å². The topological polar surface area (TPSA) is 95.8 Å². The lowest BCUT2D eigenvalue weighted by atomic mass is 10.0. The molecule has 9 heteroatoms. The van der Waals surface area contributed by atoms with Crippen LogP contribution in [0.15, 0.2) is 43.1 Å². The molecule has 9 nitrogen and oxygen atoms in total. The molecular weight excluding hydrogens is 460 g/mol. The van der Waals surface area contributed by atoms with E-state index in [9.17, 15) is 9.59 Å². The maximum absolute atomic E-state index is 13.3. The van der Waals surface area contributed by atoms with Crippen molar-refractivity contribution in [2.75, 3.05) is 39.5 Å². The van der Waals surface area contributed by atoms with Crippen LogP contribution in [0, 0.1) is 6.92 Å². The van der Waals surface area contributed by atoms with E-state index in [2.05, 4.69) is 16.1 Å². The third kappa shape index (κ3) is 4.83. The van der Waals surface area contributed by atoms with Gasteiger partial charge in [-0.2, -0.15) is 0 Å². The smallest absolute Gasteiger partial charge is 0.246 e. The van der Waals surface area contributed by atoms with Crippen molar-refractivity contribution < 1.29 is 23.8 Å². The fraction of sp³-hybridized carbons (Fsp3) is 0.407. The lowest BCUT2D eigenvalue weighted by molar-refractivity contribution is -0.127. The normalized spacial score (nSPS) is 18.2. The molecule has 0 saturated carbocycles. The highest BCUT2D eigenvalue weighted by molar-refractivity contribution is 5.98. The second kappa shape index (κ2) is 10.5. The second-order valence-electron chi connectivity index (χ2n) is 9.04. The number of aromatic nitrogens is 3. The Kier molecular flexibility index (Phi) is 6.99. The van der Waals surface area contributed by atoms with Gasteiger partial charge in [0.25, 0.3) is 0 Å². The number of imidazole rings is 1. The van der Waals surface area contributed by atoms with Crippen LogP contribution < -0.4 is 9.47 Å². The first-order valence-corrected chi connectivity index (χ1v) is 12.3. The van der Waals surface area contributed by atoms with Gasteiger partial charge in [0, 0.05) is 30.5 Å². The summed E-state index contributed by atoms with van der Waals surface area (Å²) in [6, 6.07) is 7.19. The number of benzene rings is 1. The summed E-state index contributed by atoms with van der Waals surface area (Å²) in [5, 5.41) is 0. The van der Waals surface area contributed by atoms with E-state index in [1.165, 1.54) is 6.08 Å². The van der Waals surface area contributed by atoms with Crippen molar-refractivity contribution in [2.24, 2.45) is 0 Å². The van der Waals surface area contributed by atoms with Crippen LogP contribution in [-0.4, -0.2) is 70.6 Å². The van der Waals surface area contributed by atoms with E-state index in [0.29, 0.717) is 62.4 Å². The third-order valence-corrected chi connectivity index (χ3v) is 6.59. The molecule has 0 radical (unpaired) electrons. The van der Waals surface area contributed by atoms with Gasteiger partial charge in [0.2, 0.25) is 5.91 Å². The number of likely N-dealkylation sites (tertiary alicyclic amines) is 1. The Morgan fingerprint density at radius 2 is 2.00 bits per heavy atom. The molecule has 1 saturated heterocycles. The molecule has 3 aromatic rings. The number of ketones is 1. The molecule has 2 aliphatic rings. The van der Waals surface area contributed by atoms with Crippen LogP contribution in [0.3, 0.4) is 0 Å². The SMILES string of the molecule is C=CC(=O)N1CCC[C@@H](n2c(CC(=O)c3ccnc(C)c3)nc3ccc4c(c32)OCCOCCO4)C1. The van der Waals surface area contributed by atoms with Gasteiger partial charge in [-0.3, -0.25) is 14.6 Å². The number of carbonyl (C=O) groups excluding carboxylic acids is 2. The number of Topliss-reactive ketones (excluding diaryl/α,β-unsaturated/α-hetero) is 1. The summed E-state index contributed by atoms with van der Waals surface area (Å²) in [6.07, 6.45) is 4.78. The van der Waals surface area contributed by atoms with Gasteiger partial charge in [-0.1, -0.05) is 6.58 Å². The number of hydrogen-bond acceptors (Lipinski definition) is 7. The zero-order chi connectivity index (χ0) is 25.1. The lowest BCUT2D eigenvalue weighted by Crippen LogP contribution is -2.40. The standard InChI is InChI=1S/C27H30N4O5/c1-3-25(33)30-10-4-5-20(17-30)31-24(16-22(32)19-8-9-28-18(2)15-19)29-21-6-7-23-27(26(21)31)36-14-12-34-11-13-35-23/h3,6-9,15,20H,1,4-5,10-14,16-17H2,2H3/t20-/m1/s1. The molecule has 1 fully saturated rings. The molecule has 0 spiro atoms. The number of pyridine rings is 1. The number of nitrogens with zero attached hydrogens (tertiary/aromatic N) is 4. The predicted molar refractivity (Wildman–Crippen MR) is 134 cm³/mol. The van der Waals surface area contributed by atoms with Crippen LogP contribution >= 0.6 is 0 Å². The van der Waals surface area contributed by atoms with Crippen LogP contribution in [0.2, 0.25) is 0 Å². The molecule has 1 atom stereocenters. The van der Waals surface area contributed by atoms with Gasteiger partial charge in [0.1, 0.15) is 24.6 Å². The first-order valence-electron chi connectivity index (χ1n) is 12.3. The van der Waals surface area contributed by atoms with Crippen LogP contribution in [0.1, 0.15) is 40.8 Å².